The Bertz CT molecular complexity index is 544. The van der Waals surface area contributed by atoms with Crippen LogP contribution in [0.2, 0.25) is 0 Å². The lowest BCUT2D eigenvalue weighted by molar-refractivity contribution is 0.0317. The molecule has 2 aromatic rings. The van der Waals surface area contributed by atoms with Crippen LogP contribution in [0.15, 0.2) is 42.9 Å². The van der Waals surface area contributed by atoms with Crippen LogP contribution in [-0.4, -0.2) is 16.6 Å². The Morgan fingerprint density at radius 2 is 2.21 bits per heavy atom. The zero-order valence-electron chi connectivity index (χ0n) is 10.7. The van der Waals surface area contributed by atoms with Gasteiger partial charge in [-0.25, -0.2) is 0 Å². The van der Waals surface area contributed by atoms with E-state index in [0.29, 0.717) is 0 Å². The molecule has 98 valence electrons. The molecule has 0 saturated heterocycles. The van der Waals surface area contributed by atoms with E-state index in [1.54, 1.807) is 18.6 Å². The van der Waals surface area contributed by atoms with E-state index in [1.807, 2.05) is 6.07 Å². The van der Waals surface area contributed by atoms with Crippen molar-refractivity contribution in [3.8, 4) is 0 Å². The quantitative estimate of drug-likeness (QED) is 0.913. The van der Waals surface area contributed by atoms with Crippen molar-refractivity contribution in [2.75, 3.05) is 6.61 Å². The first-order chi connectivity index (χ1) is 9.34. The number of aromatic nitrogens is 2. The first-order valence-electron chi connectivity index (χ1n) is 6.55. The van der Waals surface area contributed by atoms with Gasteiger partial charge in [0.25, 0.3) is 0 Å². The second kappa shape index (κ2) is 5.47. The molecule has 1 aromatic heterocycles. The summed E-state index contributed by atoms with van der Waals surface area (Å²) in [5.74, 6) is 0. The van der Waals surface area contributed by atoms with E-state index in [0.717, 1.165) is 25.1 Å². The fraction of sp³-hybridized carbons (Fsp3) is 0.333. The summed E-state index contributed by atoms with van der Waals surface area (Å²) in [7, 11) is 0. The van der Waals surface area contributed by atoms with Crippen molar-refractivity contribution in [2.24, 2.45) is 5.73 Å². The fourth-order valence-corrected chi connectivity index (χ4v) is 2.53. The van der Waals surface area contributed by atoms with Crippen molar-refractivity contribution in [3.05, 3.63) is 59.7 Å². The average Bonchev–Trinajstić information content (AvgIpc) is 2.48. The highest BCUT2D eigenvalue weighted by molar-refractivity contribution is 5.31. The smallest absolute Gasteiger partial charge is 0.0846 e. The van der Waals surface area contributed by atoms with Crippen LogP contribution in [-0.2, 0) is 11.2 Å². The zero-order valence-corrected chi connectivity index (χ0v) is 10.7. The molecule has 0 aliphatic carbocycles. The predicted molar refractivity (Wildman–Crippen MR) is 72.4 cm³/mol. The number of rotatable bonds is 3. The minimum absolute atomic E-state index is 0.0574. The summed E-state index contributed by atoms with van der Waals surface area (Å²) in [5, 5.41) is 0. The van der Waals surface area contributed by atoms with Crippen molar-refractivity contribution in [2.45, 2.75) is 25.0 Å². The van der Waals surface area contributed by atoms with Gasteiger partial charge in [0.2, 0.25) is 0 Å². The van der Waals surface area contributed by atoms with Gasteiger partial charge in [0.05, 0.1) is 24.4 Å². The Hall–Kier alpha value is -1.78. The van der Waals surface area contributed by atoms with E-state index in [2.05, 4.69) is 28.2 Å². The lowest BCUT2D eigenvalue weighted by atomic mass is 9.93. The van der Waals surface area contributed by atoms with Gasteiger partial charge < -0.3 is 10.5 Å². The molecule has 2 heterocycles. The first kappa shape index (κ1) is 12.3. The maximum Gasteiger partial charge on any atom is 0.0846 e. The standard InChI is InChI=1S/C15H17N3O/c16-13(14-10-17-6-7-18-14)9-15-12-4-2-1-3-11(12)5-8-19-15/h1-4,6-7,10,13,15H,5,8-9,16H2. The van der Waals surface area contributed by atoms with Gasteiger partial charge in [-0.1, -0.05) is 24.3 Å². The van der Waals surface area contributed by atoms with E-state index in [4.69, 9.17) is 10.5 Å². The fourth-order valence-electron chi connectivity index (χ4n) is 2.53. The van der Waals surface area contributed by atoms with Crippen molar-refractivity contribution >= 4 is 0 Å². The predicted octanol–water partition coefficient (Wildman–Crippen LogP) is 2.18. The van der Waals surface area contributed by atoms with Crippen LogP contribution in [0.3, 0.4) is 0 Å². The van der Waals surface area contributed by atoms with E-state index in [9.17, 15) is 0 Å². The highest BCUT2D eigenvalue weighted by Crippen LogP contribution is 2.32. The molecule has 0 bridgehead atoms. The first-order valence-corrected chi connectivity index (χ1v) is 6.55. The molecule has 0 fully saturated rings. The third kappa shape index (κ3) is 2.64. The molecule has 2 atom stereocenters. The SMILES string of the molecule is NC(CC1OCCc2ccccc21)c1cnccn1. The average molecular weight is 255 g/mol. The summed E-state index contributed by atoms with van der Waals surface area (Å²) >= 11 is 0. The van der Waals surface area contributed by atoms with Gasteiger partial charge in [0.1, 0.15) is 0 Å². The Morgan fingerprint density at radius 1 is 1.32 bits per heavy atom. The largest absolute Gasteiger partial charge is 0.373 e. The molecule has 0 amide bonds. The van der Waals surface area contributed by atoms with E-state index in [1.165, 1.54) is 11.1 Å². The molecule has 1 aliphatic heterocycles. The maximum atomic E-state index is 6.20. The molecule has 0 spiro atoms. The van der Waals surface area contributed by atoms with Crippen LogP contribution in [0.25, 0.3) is 0 Å². The Labute approximate surface area is 112 Å². The highest BCUT2D eigenvalue weighted by Gasteiger charge is 2.23. The minimum Gasteiger partial charge on any atom is -0.373 e. The van der Waals surface area contributed by atoms with Crippen LogP contribution < -0.4 is 5.73 Å². The van der Waals surface area contributed by atoms with Crippen LogP contribution in [0.4, 0.5) is 0 Å². The number of fused-ring (bicyclic) bond motifs is 1. The molecule has 0 saturated carbocycles. The molecular formula is C15H17N3O. The number of nitrogens with two attached hydrogens (primary N) is 1. The van der Waals surface area contributed by atoms with Gasteiger partial charge in [-0.3, -0.25) is 9.97 Å². The van der Waals surface area contributed by atoms with Crippen molar-refractivity contribution in [1.29, 1.82) is 0 Å². The highest BCUT2D eigenvalue weighted by atomic mass is 16.5. The second-order valence-corrected chi connectivity index (χ2v) is 4.78. The Balaban J connectivity index is 1.78. The van der Waals surface area contributed by atoms with Gasteiger partial charge in [0.15, 0.2) is 0 Å². The van der Waals surface area contributed by atoms with E-state index >= 15 is 0 Å². The normalized spacial score (nSPS) is 19.7. The van der Waals surface area contributed by atoms with Crippen LogP contribution in [0.5, 0.6) is 0 Å². The summed E-state index contributed by atoms with van der Waals surface area (Å²) in [4.78, 5) is 8.32. The molecule has 19 heavy (non-hydrogen) atoms. The monoisotopic (exact) mass is 255 g/mol. The number of ether oxygens (including phenoxy) is 1. The van der Waals surface area contributed by atoms with Gasteiger partial charge in [-0.15, -0.1) is 0 Å². The number of hydrogen-bond acceptors (Lipinski definition) is 4. The lowest BCUT2D eigenvalue weighted by Crippen LogP contribution is -2.22. The van der Waals surface area contributed by atoms with Crippen molar-refractivity contribution < 1.29 is 4.74 Å². The van der Waals surface area contributed by atoms with Gasteiger partial charge in [0, 0.05) is 18.6 Å². The molecule has 1 aliphatic rings. The summed E-state index contributed by atoms with van der Waals surface area (Å²) < 4.78 is 5.87. The molecule has 0 radical (unpaired) electrons. The number of nitrogens with zero attached hydrogens (tertiary/aromatic N) is 2. The van der Waals surface area contributed by atoms with Gasteiger partial charge in [-0.2, -0.15) is 0 Å². The van der Waals surface area contributed by atoms with Crippen LogP contribution >= 0.6 is 0 Å². The molecule has 1 aromatic carbocycles. The lowest BCUT2D eigenvalue weighted by Gasteiger charge is -2.27. The summed E-state index contributed by atoms with van der Waals surface area (Å²) in [6.07, 6.45) is 6.82. The molecule has 2 N–H and O–H groups in total. The molecule has 2 unspecified atom stereocenters. The van der Waals surface area contributed by atoms with Gasteiger partial charge in [-0.05, 0) is 24.0 Å². The number of hydrogen-bond donors (Lipinski definition) is 1. The summed E-state index contributed by atoms with van der Waals surface area (Å²) in [6.45, 7) is 0.759. The summed E-state index contributed by atoms with van der Waals surface area (Å²) in [5.41, 5.74) is 9.64. The summed E-state index contributed by atoms with van der Waals surface area (Å²) in [6, 6.07) is 8.27. The second-order valence-electron chi connectivity index (χ2n) is 4.78. The number of benzene rings is 1. The molecule has 3 rings (SSSR count). The molecule has 4 nitrogen and oxygen atoms in total. The van der Waals surface area contributed by atoms with Crippen LogP contribution in [0, 0.1) is 0 Å². The minimum atomic E-state index is -0.148. The third-order valence-corrected chi connectivity index (χ3v) is 3.52. The molecular weight excluding hydrogens is 238 g/mol. The Kier molecular flexibility index (Phi) is 3.53. The van der Waals surface area contributed by atoms with Crippen molar-refractivity contribution in [1.82, 2.24) is 9.97 Å². The van der Waals surface area contributed by atoms with E-state index in [-0.39, 0.29) is 12.1 Å². The zero-order chi connectivity index (χ0) is 13.1. The Morgan fingerprint density at radius 3 is 3.05 bits per heavy atom. The third-order valence-electron chi connectivity index (χ3n) is 3.52. The maximum absolute atomic E-state index is 6.20. The molecule has 4 heteroatoms. The van der Waals surface area contributed by atoms with Crippen LogP contribution in [0.1, 0.15) is 35.4 Å². The van der Waals surface area contributed by atoms with E-state index < -0.39 is 0 Å². The van der Waals surface area contributed by atoms with Crippen molar-refractivity contribution in [3.63, 3.8) is 0 Å². The van der Waals surface area contributed by atoms with Gasteiger partial charge >= 0.3 is 0 Å². The topological polar surface area (TPSA) is 61.0 Å².